The van der Waals surface area contributed by atoms with E-state index in [2.05, 4.69) is 6.92 Å². The molecule has 192 valence electrons. The molecule has 4 heteroatoms. The number of halogens is 3. The molecule has 0 bridgehead atoms. The zero-order chi connectivity index (χ0) is 24.8. The maximum Gasteiger partial charge on any atom is 0.427 e. The minimum Gasteiger partial charge on any atom is -0.425 e. The largest absolute Gasteiger partial charge is 0.427 e. The first kappa shape index (κ1) is 26.1. The highest BCUT2D eigenvalue weighted by Crippen LogP contribution is 2.50. The SMILES string of the molecule is CCCCCCCCCC1CCC(c2ccc3c(c2)C(F)(F)Oc2c-3ccc(CCC)c2F)CC1. The normalized spacial score (nSPS) is 20.7. The predicted molar refractivity (Wildman–Crippen MR) is 138 cm³/mol. The summed E-state index contributed by atoms with van der Waals surface area (Å²) in [6.07, 6.45) is 12.9. The van der Waals surface area contributed by atoms with Crippen LogP contribution in [-0.4, -0.2) is 0 Å². The molecule has 1 heterocycles. The van der Waals surface area contributed by atoms with Crippen molar-refractivity contribution in [2.24, 2.45) is 5.92 Å². The average molecular weight is 487 g/mol. The van der Waals surface area contributed by atoms with Crippen LogP contribution in [0.15, 0.2) is 30.3 Å². The van der Waals surface area contributed by atoms with Crippen LogP contribution in [0.5, 0.6) is 5.75 Å². The number of hydrogen-bond donors (Lipinski definition) is 0. The van der Waals surface area contributed by atoms with Gasteiger partial charge in [-0.1, -0.05) is 95.9 Å². The molecule has 1 saturated carbocycles. The summed E-state index contributed by atoms with van der Waals surface area (Å²) in [5.74, 6) is 0.119. The Kier molecular flexibility index (Phi) is 8.83. The molecule has 1 fully saturated rings. The van der Waals surface area contributed by atoms with Crippen molar-refractivity contribution in [2.75, 3.05) is 0 Å². The Bertz CT molecular complexity index is 975. The molecular formula is C31H41F3O. The van der Waals surface area contributed by atoms with Crippen molar-refractivity contribution in [3.05, 3.63) is 52.8 Å². The second-order valence-electron chi connectivity index (χ2n) is 10.7. The van der Waals surface area contributed by atoms with E-state index < -0.39 is 11.9 Å². The van der Waals surface area contributed by atoms with Crippen molar-refractivity contribution in [2.45, 2.75) is 116 Å². The summed E-state index contributed by atoms with van der Waals surface area (Å²) < 4.78 is 50.0. The number of benzene rings is 2. The molecule has 0 amide bonds. The van der Waals surface area contributed by atoms with Gasteiger partial charge in [-0.15, -0.1) is 0 Å². The molecule has 35 heavy (non-hydrogen) atoms. The maximum absolute atomic E-state index is 15.1. The maximum atomic E-state index is 15.1. The summed E-state index contributed by atoms with van der Waals surface area (Å²) >= 11 is 0. The highest BCUT2D eigenvalue weighted by molar-refractivity contribution is 5.77. The van der Waals surface area contributed by atoms with Gasteiger partial charge in [0.2, 0.25) is 0 Å². The number of alkyl halides is 2. The Hall–Kier alpha value is -1.97. The molecular weight excluding hydrogens is 445 g/mol. The molecule has 0 spiro atoms. The molecule has 0 atom stereocenters. The highest BCUT2D eigenvalue weighted by atomic mass is 19.3. The molecule has 2 aromatic carbocycles. The Labute approximate surface area is 209 Å². The van der Waals surface area contributed by atoms with Gasteiger partial charge in [0.1, 0.15) is 0 Å². The summed E-state index contributed by atoms with van der Waals surface area (Å²) in [6, 6.07) is 8.78. The van der Waals surface area contributed by atoms with Crippen molar-refractivity contribution in [1.82, 2.24) is 0 Å². The van der Waals surface area contributed by atoms with Gasteiger partial charge < -0.3 is 4.74 Å². The van der Waals surface area contributed by atoms with Gasteiger partial charge in [0, 0.05) is 5.56 Å². The lowest BCUT2D eigenvalue weighted by Gasteiger charge is -2.32. The molecule has 4 rings (SSSR count). The van der Waals surface area contributed by atoms with Gasteiger partial charge in [-0.3, -0.25) is 0 Å². The lowest BCUT2D eigenvalue weighted by molar-refractivity contribution is -0.188. The molecule has 1 aliphatic carbocycles. The molecule has 1 nitrogen and oxygen atoms in total. The molecule has 2 aromatic rings. The third-order valence-electron chi connectivity index (χ3n) is 8.11. The molecule has 0 radical (unpaired) electrons. The Morgan fingerprint density at radius 3 is 2.23 bits per heavy atom. The number of rotatable bonds is 11. The molecule has 0 saturated heterocycles. The zero-order valence-electron chi connectivity index (χ0n) is 21.5. The number of hydrogen-bond acceptors (Lipinski definition) is 1. The van der Waals surface area contributed by atoms with E-state index in [1.165, 1.54) is 64.2 Å². The Morgan fingerprint density at radius 2 is 1.51 bits per heavy atom. The second kappa shape index (κ2) is 11.8. The number of fused-ring (bicyclic) bond motifs is 3. The van der Waals surface area contributed by atoms with E-state index in [0.717, 1.165) is 30.7 Å². The fraction of sp³-hybridized carbons (Fsp3) is 0.613. The van der Waals surface area contributed by atoms with Crippen molar-refractivity contribution in [3.8, 4) is 16.9 Å². The predicted octanol–water partition coefficient (Wildman–Crippen LogP) is 10.3. The molecule has 2 aliphatic rings. The zero-order valence-corrected chi connectivity index (χ0v) is 21.5. The van der Waals surface area contributed by atoms with Crippen LogP contribution in [0.25, 0.3) is 11.1 Å². The standard InChI is InChI=1S/C31H41F3O/c1-3-5-6-7-8-9-10-12-22-13-15-23(16-14-22)25-18-19-26-27-20-17-24(11-4-2)29(32)30(27)35-31(33,34)28(26)21-25/h17-23H,3-16H2,1-2H3. The van der Waals surface area contributed by atoms with Crippen LogP contribution in [0.3, 0.4) is 0 Å². The number of aryl methyl sites for hydroxylation is 1. The van der Waals surface area contributed by atoms with Gasteiger partial charge in [0.25, 0.3) is 0 Å². The number of ether oxygens (including phenoxy) is 1. The first-order valence-corrected chi connectivity index (χ1v) is 14.0. The molecule has 0 aromatic heterocycles. The first-order chi connectivity index (χ1) is 16.9. The van der Waals surface area contributed by atoms with Gasteiger partial charge in [-0.25, -0.2) is 4.39 Å². The average Bonchev–Trinajstić information content (AvgIpc) is 2.86. The molecule has 1 aliphatic heterocycles. The highest BCUT2D eigenvalue weighted by Gasteiger charge is 2.44. The lowest BCUT2D eigenvalue weighted by Crippen LogP contribution is -2.28. The van der Waals surface area contributed by atoms with E-state index in [4.69, 9.17) is 4.74 Å². The van der Waals surface area contributed by atoms with E-state index in [-0.39, 0.29) is 11.3 Å². The van der Waals surface area contributed by atoms with Crippen LogP contribution in [0.1, 0.15) is 120 Å². The smallest absolute Gasteiger partial charge is 0.425 e. The Balaban J connectivity index is 1.39. The van der Waals surface area contributed by atoms with Gasteiger partial charge >= 0.3 is 6.11 Å². The first-order valence-electron chi connectivity index (χ1n) is 14.0. The van der Waals surface area contributed by atoms with Crippen molar-refractivity contribution >= 4 is 0 Å². The van der Waals surface area contributed by atoms with Gasteiger partial charge in [0.05, 0.1) is 5.56 Å². The summed E-state index contributed by atoms with van der Waals surface area (Å²) in [6.45, 7) is 4.19. The minimum absolute atomic E-state index is 0.129. The van der Waals surface area contributed by atoms with E-state index >= 15 is 8.78 Å². The van der Waals surface area contributed by atoms with E-state index in [1.54, 1.807) is 24.3 Å². The van der Waals surface area contributed by atoms with Gasteiger partial charge in [-0.2, -0.15) is 8.78 Å². The second-order valence-corrected chi connectivity index (χ2v) is 10.7. The third-order valence-corrected chi connectivity index (χ3v) is 8.11. The van der Waals surface area contributed by atoms with Crippen molar-refractivity contribution in [1.29, 1.82) is 0 Å². The fourth-order valence-electron chi connectivity index (χ4n) is 6.02. The summed E-state index contributed by atoms with van der Waals surface area (Å²) in [5.41, 5.74) is 2.07. The fourth-order valence-corrected chi connectivity index (χ4v) is 6.02. The lowest BCUT2D eigenvalue weighted by atomic mass is 9.76. The van der Waals surface area contributed by atoms with Crippen LogP contribution in [0, 0.1) is 11.7 Å². The monoisotopic (exact) mass is 486 g/mol. The molecule has 0 N–H and O–H groups in total. The van der Waals surface area contributed by atoms with Gasteiger partial charge in [0.15, 0.2) is 11.6 Å². The van der Waals surface area contributed by atoms with Crippen LogP contribution < -0.4 is 4.74 Å². The third kappa shape index (κ3) is 6.06. The molecule has 0 unspecified atom stereocenters. The van der Waals surface area contributed by atoms with Crippen LogP contribution in [0.2, 0.25) is 0 Å². The summed E-state index contributed by atoms with van der Waals surface area (Å²) in [5, 5.41) is 0. The van der Waals surface area contributed by atoms with Crippen LogP contribution in [-0.2, 0) is 12.5 Å². The van der Waals surface area contributed by atoms with Gasteiger partial charge in [-0.05, 0) is 66.7 Å². The van der Waals surface area contributed by atoms with E-state index in [9.17, 15) is 4.39 Å². The minimum atomic E-state index is -3.53. The topological polar surface area (TPSA) is 9.23 Å². The summed E-state index contributed by atoms with van der Waals surface area (Å²) in [7, 11) is 0. The number of unbranched alkanes of at least 4 members (excludes halogenated alkanes) is 6. The summed E-state index contributed by atoms with van der Waals surface area (Å²) in [4.78, 5) is 0. The van der Waals surface area contributed by atoms with E-state index in [0.29, 0.717) is 29.0 Å². The van der Waals surface area contributed by atoms with Crippen molar-refractivity contribution < 1.29 is 17.9 Å². The Morgan fingerprint density at radius 1 is 0.829 bits per heavy atom. The van der Waals surface area contributed by atoms with Crippen LogP contribution >= 0.6 is 0 Å². The van der Waals surface area contributed by atoms with Crippen LogP contribution in [0.4, 0.5) is 13.2 Å². The quantitative estimate of drug-likeness (QED) is 0.287. The van der Waals surface area contributed by atoms with E-state index in [1.807, 2.05) is 13.0 Å². The van der Waals surface area contributed by atoms with Crippen molar-refractivity contribution in [3.63, 3.8) is 0 Å².